The molecule has 3 nitrogen and oxygen atoms in total. The van der Waals surface area contributed by atoms with Crippen LogP contribution in [0.5, 0.6) is 0 Å². The molecule has 0 amide bonds. The molecule has 2 aromatic rings. The van der Waals surface area contributed by atoms with Crippen LogP contribution in [0.2, 0.25) is 0 Å². The first-order valence-electron chi connectivity index (χ1n) is 3.72. The molecule has 0 aromatic carbocycles. The number of rotatable bonds is 1. The summed E-state index contributed by atoms with van der Waals surface area (Å²) in [5.74, 6) is 0.801. The van der Waals surface area contributed by atoms with Crippen molar-refractivity contribution >= 4 is 0 Å². The molecule has 0 saturated carbocycles. The van der Waals surface area contributed by atoms with Gasteiger partial charge in [0.15, 0.2) is 18.2 Å². The van der Waals surface area contributed by atoms with Gasteiger partial charge >= 0.3 is 0 Å². The average molecular weight is 161 g/mol. The molecule has 0 N–H and O–H groups in total. The summed E-state index contributed by atoms with van der Waals surface area (Å²) in [4.78, 5) is 0. The Balaban J connectivity index is 2.43. The number of aryl methyl sites for hydroxylation is 1. The van der Waals surface area contributed by atoms with Crippen LogP contribution in [0.4, 0.5) is 0 Å². The van der Waals surface area contributed by atoms with Crippen LogP contribution in [0.3, 0.4) is 0 Å². The maximum absolute atomic E-state index is 5.00. The minimum atomic E-state index is 0.801. The first-order chi connectivity index (χ1) is 5.86. The van der Waals surface area contributed by atoms with Crippen LogP contribution in [-0.4, -0.2) is 5.16 Å². The van der Waals surface area contributed by atoms with E-state index >= 15 is 0 Å². The second kappa shape index (κ2) is 2.77. The monoisotopic (exact) mass is 161 g/mol. The van der Waals surface area contributed by atoms with Gasteiger partial charge in [-0.1, -0.05) is 5.16 Å². The van der Waals surface area contributed by atoms with E-state index in [-0.39, 0.29) is 0 Å². The van der Waals surface area contributed by atoms with E-state index in [4.69, 9.17) is 4.52 Å². The number of pyridine rings is 1. The summed E-state index contributed by atoms with van der Waals surface area (Å²) in [5, 5.41) is 3.64. The van der Waals surface area contributed by atoms with Gasteiger partial charge in [-0.25, -0.2) is 4.57 Å². The zero-order valence-electron chi connectivity index (χ0n) is 6.77. The summed E-state index contributed by atoms with van der Waals surface area (Å²) >= 11 is 0. The van der Waals surface area contributed by atoms with E-state index in [1.807, 2.05) is 42.2 Å². The van der Waals surface area contributed by atoms with E-state index in [0.29, 0.717) is 0 Å². The van der Waals surface area contributed by atoms with Crippen LogP contribution in [-0.2, 0) is 7.05 Å². The highest BCUT2D eigenvalue weighted by molar-refractivity contribution is 5.54. The van der Waals surface area contributed by atoms with Gasteiger partial charge in [0, 0.05) is 23.8 Å². The zero-order valence-corrected chi connectivity index (χ0v) is 6.77. The highest BCUT2D eigenvalue weighted by atomic mass is 16.5. The lowest BCUT2D eigenvalue weighted by molar-refractivity contribution is -0.671. The fraction of sp³-hybridized carbons (Fsp3) is 0.111. The standard InChI is InChI=1S/C9H9N2O/c1-11-6-3-8(4-7-11)9-2-5-10-12-9/h2-7H,1H3/q+1. The molecule has 0 aliphatic rings. The van der Waals surface area contributed by atoms with Gasteiger partial charge in [-0.05, 0) is 0 Å². The molecule has 0 bridgehead atoms. The molecule has 0 aliphatic carbocycles. The van der Waals surface area contributed by atoms with Gasteiger partial charge in [-0.3, -0.25) is 0 Å². The molecule has 0 saturated heterocycles. The van der Waals surface area contributed by atoms with E-state index in [1.54, 1.807) is 6.20 Å². The molecule has 60 valence electrons. The molecule has 0 spiro atoms. The Bertz CT molecular complexity index is 351. The van der Waals surface area contributed by atoms with Gasteiger partial charge in [0.05, 0.1) is 6.20 Å². The van der Waals surface area contributed by atoms with E-state index in [9.17, 15) is 0 Å². The lowest BCUT2D eigenvalue weighted by Gasteiger charge is -1.91. The van der Waals surface area contributed by atoms with Crippen LogP contribution < -0.4 is 4.57 Å². The molecule has 2 aromatic heterocycles. The van der Waals surface area contributed by atoms with Gasteiger partial charge in [0.25, 0.3) is 0 Å². The van der Waals surface area contributed by atoms with Crippen molar-refractivity contribution in [3.8, 4) is 11.3 Å². The molecule has 0 unspecified atom stereocenters. The van der Waals surface area contributed by atoms with Gasteiger partial charge in [0.1, 0.15) is 7.05 Å². The van der Waals surface area contributed by atoms with Crippen LogP contribution >= 0.6 is 0 Å². The largest absolute Gasteiger partial charge is 0.356 e. The molecular weight excluding hydrogens is 152 g/mol. The van der Waals surface area contributed by atoms with Crippen molar-refractivity contribution < 1.29 is 9.09 Å². The second-order valence-corrected chi connectivity index (χ2v) is 2.63. The second-order valence-electron chi connectivity index (χ2n) is 2.63. The fourth-order valence-electron chi connectivity index (χ4n) is 1.03. The summed E-state index contributed by atoms with van der Waals surface area (Å²) in [5.41, 5.74) is 1.05. The van der Waals surface area contributed by atoms with Crippen LogP contribution in [0.15, 0.2) is 41.3 Å². The first-order valence-corrected chi connectivity index (χ1v) is 3.72. The lowest BCUT2D eigenvalue weighted by Crippen LogP contribution is -2.25. The average Bonchev–Trinajstić information content (AvgIpc) is 2.58. The van der Waals surface area contributed by atoms with Gasteiger partial charge in [0.2, 0.25) is 0 Å². The Morgan fingerprint density at radius 3 is 2.58 bits per heavy atom. The van der Waals surface area contributed by atoms with E-state index in [2.05, 4.69) is 5.16 Å². The topological polar surface area (TPSA) is 29.9 Å². The third kappa shape index (κ3) is 1.21. The first kappa shape index (κ1) is 7.03. The highest BCUT2D eigenvalue weighted by Crippen LogP contribution is 2.15. The Hall–Kier alpha value is -1.64. The predicted octanol–water partition coefficient (Wildman–Crippen LogP) is 1.17. The van der Waals surface area contributed by atoms with E-state index in [1.165, 1.54) is 0 Å². The molecule has 12 heavy (non-hydrogen) atoms. The smallest absolute Gasteiger partial charge is 0.169 e. The van der Waals surface area contributed by atoms with Crippen LogP contribution in [0.25, 0.3) is 11.3 Å². The summed E-state index contributed by atoms with van der Waals surface area (Å²) < 4.78 is 6.97. The minimum absolute atomic E-state index is 0.801. The molecule has 0 aliphatic heterocycles. The Labute approximate surface area is 70.2 Å². The van der Waals surface area contributed by atoms with Gasteiger partial charge in [-0.15, -0.1) is 0 Å². The summed E-state index contributed by atoms with van der Waals surface area (Å²) in [6.07, 6.45) is 5.58. The van der Waals surface area contributed by atoms with Crippen molar-refractivity contribution in [2.24, 2.45) is 7.05 Å². The quantitative estimate of drug-likeness (QED) is 0.587. The Kier molecular flexibility index (Phi) is 1.63. The summed E-state index contributed by atoms with van der Waals surface area (Å²) in [7, 11) is 1.98. The van der Waals surface area contributed by atoms with Crippen molar-refractivity contribution in [3.05, 3.63) is 36.8 Å². The van der Waals surface area contributed by atoms with Gasteiger partial charge in [-0.2, -0.15) is 0 Å². The Morgan fingerprint density at radius 2 is 2.00 bits per heavy atom. The third-order valence-electron chi connectivity index (χ3n) is 1.70. The van der Waals surface area contributed by atoms with Crippen LogP contribution in [0, 0.1) is 0 Å². The molecule has 2 rings (SSSR count). The maximum atomic E-state index is 5.00. The molecule has 0 radical (unpaired) electrons. The number of nitrogens with zero attached hydrogens (tertiary/aromatic N) is 2. The van der Waals surface area contributed by atoms with E-state index < -0.39 is 0 Å². The van der Waals surface area contributed by atoms with Crippen molar-refractivity contribution in [1.29, 1.82) is 0 Å². The van der Waals surface area contributed by atoms with Crippen molar-refractivity contribution in [2.45, 2.75) is 0 Å². The molecule has 3 heteroatoms. The normalized spacial score (nSPS) is 10.1. The van der Waals surface area contributed by atoms with Crippen molar-refractivity contribution in [3.63, 3.8) is 0 Å². The number of hydrogen-bond donors (Lipinski definition) is 0. The van der Waals surface area contributed by atoms with Gasteiger partial charge < -0.3 is 4.52 Å². The Morgan fingerprint density at radius 1 is 1.25 bits per heavy atom. The lowest BCUT2D eigenvalue weighted by atomic mass is 10.2. The zero-order chi connectivity index (χ0) is 8.39. The van der Waals surface area contributed by atoms with Crippen molar-refractivity contribution in [1.82, 2.24) is 5.16 Å². The fourth-order valence-corrected chi connectivity index (χ4v) is 1.03. The minimum Gasteiger partial charge on any atom is -0.356 e. The third-order valence-corrected chi connectivity index (χ3v) is 1.70. The van der Waals surface area contributed by atoms with Crippen molar-refractivity contribution in [2.75, 3.05) is 0 Å². The molecule has 2 heterocycles. The molecule has 0 fully saturated rings. The number of aromatic nitrogens is 2. The molecule has 0 atom stereocenters. The predicted molar refractivity (Wildman–Crippen MR) is 43.1 cm³/mol. The maximum Gasteiger partial charge on any atom is 0.169 e. The summed E-state index contributed by atoms with van der Waals surface area (Å²) in [6.45, 7) is 0. The van der Waals surface area contributed by atoms with E-state index in [0.717, 1.165) is 11.3 Å². The number of hydrogen-bond acceptors (Lipinski definition) is 2. The SMILES string of the molecule is C[n+]1ccc(-c2ccno2)cc1. The highest BCUT2D eigenvalue weighted by Gasteiger charge is 2.01. The summed E-state index contributed by atoms with van der Waals surface area (Å²) in [6, 6.07) is 5.82. The molecular formula is C9H9N2O+. The van der Waals surface area contributed by atoms with Crippen LogP contribution in [0.1, 0.15) is 0 Å².